The fourth-order valence-electron chi connectivity index (χ4n) is 2.27. The number of nitrogens with zero attached hydrogens (tertiary/aromatic N) is 2. The summed E-state index contributed by atoms with van der Waals surface area (Å²) in [6.45, 7) is 5.17. The number of aromatic nitrogens is 2. The summed E-state index contributed by atoms with van der Waals surface area (Å²) in [6, 6.07) is 2.93. The van der Waals surface area contributed by atoms with Crippen molar-refractivity contribution in [1.29, 1.82) is 0 Å². The van der Waals surface area contributed by atoms with Crippen LogP contribution < -0.4 is 4.72 Å². The molecule has 0 radical (unpaired) electrons. The molecule has 1 atom stereocenters. The van der Waals surface area contributed by atoms with E-state index in [9.17, 15) is 8.42 Å². The van der Waals surface area contributed by atoms with E-state index in [-0.39, 0.29) is 18.0 Å². The SMILES string of the molecule is Cc1nn(CCO)c(C)c1S(=O)(=O)NC(C)c1ccco1. The molecule has 0 aliphatic carbocycles. The van der Waals surface area contributed by atoms with Gasteiger partial charge in [-0.3, -0.25) is 4.68 Å². The van der Waals surface area contributed by atoms with Crippen LogP contribution in [0, 0.1) is 13.8 Å². The molecule has 0 aliphatic rings. The Balaban J connectivity index is 2.32. The van der Waals surface area contributed by atoms with Crippen molar-refractivity contribution in [2.75, 3.05) is 6.61 Å². The van der Waals surface area contributed by atoms with E-state index < -0.39 is 16.1 Å². The van der Waals surface area contributed by atoms with E-state index in [2.05, 4.69) is 9.82 Å². The Morgan fingerprint density at radius 1 is 1.48 bits per heavy atom. The van der Waals surface area contributed by atoms with E-state index in [1.807, 2.05) is 0 Å². The lowest BCUT2D eigenvalue weighted by Gasteiger charge is -2.12. The van der Waals surface area contributed by atoms with Crippen LogP contribution in [0.1, 0.15) is 30.1 Å². The molecule has 21 heavy (non-hydrogen) atoms. The largest absolute Gasteiger partial charge is 0.468 e. The van der Waals surface area contributed by atoms with Crippen LogP contribution in [0.5, 0.6) is 0 Å². The predicted octanol–water partition coefficient (Wildman–Crippen LogP) is 1.12. The molecule has 2 aromatic heterocycles. The molecule has 8 heteroatoms. The Kier molecular flexibility index (Phi) is 4.50. The van der Waals surface area contributed by atoms with Gasteiger partial charge in [0.15, 0.2) is 0 Å². The first kappa shape index (κ1) is 15.7. The van der Waals surface area contributed by atoms with E-state index in [0.29, 0.717) is 17.1 Å². The van der Waals surface area contributed by atoms with Crippen LogP contribution >= 0.6 is 0 Å². The van der Waals surface area contributed by atoms with Crippen molar-refractivity contribution in [2.24, 2.45) is 0 Å². The lowest BCUT2D eigenvalue weighted by Crippen LogP contribution is -2.27. The Bertz CT molecular complexity index is 704. The van der Waals surface area contributed by atoms with Crippen LogP contribution in [0.25, 0.3) is 0 Å². The molecule has 0 saturated carbocycles. The van der Waals surface area contributed by atoms with Gasteiger partial charge in [0.2, 0.25) is 10.0 Å². The number of rotatable bonds is 6. The van der Waals surface area contributed by atoms with Gasteiger partial charge < -0.3 is 9.52 Å². The molecule has 0 fully saturated rings. The van der Waals surface area contributed by atoms with Gasteiger partial charge in [0.05, 0.1) is 36.8 Å². The first-order chi connectivity index (χ1) is 9.86. The van der Waals surface area contributed by atoms with Gasteiger partial charge in [-0.25, -0.2) is 13.1 Å². The van der Waals surface area contributed by atoms with Gasteiger partial charge in [0.25, 0.3) is 0 Å². The third-order valence-corrected chi connectivity index (χ3v) is 4.99. The molecule has 116 valence electrons. The van der Waals surface area contributed by atoms with Crippen molar-refractivity contribution >= 4 is 10.0 Å². The lowest BCUT2D eigenvalue weighted by molar-refractivity contribution is 0.267. The van der Waals surface area contributed by atoms with Gasteiger partial charge in [0, 0.05) is 0 Å². The van der Waals surface area contributed by atoms with Gasteiger partial charge in [-0.05, 0) is 32.9 Å². The number of furan rings is 1. The van der Waals surface area contributed by atoms with Crippen molar-refractivity contribution in [3.05, 3.63) is 35.5 Å². The fraction of sp³-hybridized carbons (Fsp3) is 0.462. The van der Waals surface area contributed by atoms with E-state index in [1.54, 1.807) is 32.9 Å². The molecular formula is C13H19N3O4S. The highest BCUT2D eigenvalue weighted by Gasteiger charge is 2.27. The van der Waals surface area contributed by atoms with Crippen molar-refractivity contribution in [1.82, 2.24) is 14.5 Å². The Labute approximate surface area is 123 Å². The third-order valence-electron chi connectivity index (χ3n) is 3.20. The first-order valence-electron chi connectivity index (χ1n) is 6.57. The maximum absolute atomic E-state index is 12.5. The molecule has 1 unspecified atom stereocenters. The van der Waals surface area contributed by atoms with Gasteiger partial charge in [-0.1, -0.05) is 0 Å². The summed E-state index contributed by atoms with van der Waals surface area (Å²) in [4.78, 5) is 0.148. The summed E-state index contributed by atoms with van der Waals surface area (Å²) < 4.78 is 34.3. The van der Waals surface area contributed by atoms with Crippen LogP contribution in [0.3, 0.4) is 0 Å². The van der Waals surface area contributed by atoms with E-state index >= 15 is 0 Å². The van der Waals surface area contributed by atoms with Gasteiger partial charge in [-0.15, -0.1) is 0 Å². The second-order valence-electron chi connectivity index (χ2n) is 4.81. The number of aryl methyl sites for hydroxylation is 1. The summed E-state index contributed by atoms with van der Waals surface area (Å²) in [7, 11) is -3.72. The predicted molar refractivity (Wildman–Crippen MR) is 76.2 cm³/mol. The van der Waals surface area contributed by atoms with Crippen molar-refractivity contribution < 1.29 is 17.9 Å². The second kappa shape index (κ2) is 6.00. The highest BCUT2D eigenvalue weighted by Crippen LogP contribution is 2.22. The molecule has 2 N–H and O–H groups in total. The van der Waals surface area contributed by atoms with E-state index in [1.165, 1.54) is 10.9 Å². The van der Waals surface area contributed by atoms with Crippen LogP contribution in [-0.4, -0.2) is 29.9 Å². The molecule has 0 spiro atoms. The zero-order valence-corrected chi connectivity index (χ0v) is 13.0. The lowest BCUT2D eigenvalue weighted by atomic mass is 10.3. The number of nitrogens with one attached hydrogen (secondary N) is 1. The zero-order chi connectivity index (χ0) is 15.6. The molecule has 2 heterocycles. The van der Waals surface area contributed by atoms with Gasteiger partial charge >= 0.3 is 0 Å². The van der Waals surface area contributed by atoms with Gasteiger partial charge in [0.1, 0.15) is 10.7 Å². The second-order valence-corrected chi connectivity index (χ2v) is 6.46. The van der Waals surface area contributed by atoms with Crippen LogP contribution in [0.15, 0.2) is 27.7 Å². The highest BCUT2D eigenvalue weighted by atomic mass is 32.2. The summed E-state index contributed by atoms with van der Waals surface area (Å²) >= 11 is 0. The summed E-state index contributed by atoms with van der Waals surface area (Å²) in [5.74, 6) is 0.539. The maximum atomic E-state index is 12.5. The quantitative estimate of drug-likeness (QED) is 0.833. The Hall–Kier alpha value is -1.64. The smallest absolute Gasteiger partial charge is 0.244 e. The number of hydrogen-bond donors (Lipinski definition) is 2. The number of aliphatic hydroxyl groups is 1. The molecule has 0 amide bonds. The molecular weight excluding hydrogens is 294 g/mol. The molecule has 7 nitrogen and oxygen atoms in total. The van der Waals surface area contributed by atoms with Crippen LogP contribution in [0.2, 0.25) is 0 Å². The fourth-order valence-corrected chi connectivity index (χ4v) is 3.89. The van der Waals surface area contributed by atoms with Crippen molar-refractivity contribution in [2.45, 2.75) is 38.3 Å². The van der Waals surface area contributed by atoms with Crippen LogP contribution in [0.4, 0.5) is 0 Å². The monoisotopic (exact) mass is 313 g/mol. The topological polar surface area (TPSA) is 97.4 Å². The normalized spacial score (nSPS) is 13.5. The molecule has 0 aromatic carbocycles. The maximum Gasteiger partial charge on any atom is 0.244 e. The standard InChI is InChI=1S/C13H19N3O4S/c1-9(12-5-4-8-20-12)15-21(18,19)13-10(2)14-16(6-7-17)11(13)3/h4-5,8-9,15,17H,6-7H2,1-3H3. The molecule has 0 saturated heterocycles. The summed E-state index contributed by atoms with van der Waals surface area (Å²) in [5, 5.41) is 13.1. The number of sulfonamides is 1. The number of hydrogen-bond acceptors (Lipinski definition) is 5. The minimum Gasteiger partial charge on any atom is -0.468 e. The minimum absolute atomic E-state index is 0.0995. The molecule has 2 aromatic rings. The minimum atomic E-state index is -3.72. The zero-order valence-electron chi connectivity index (χ0n) is 12.2. The third kappa shape index (κ3) is 3.17. The molecule has 2 rings (SSSR count). The first-order valence-corrected chi connectivity index (χ1v) is 8.05. The van der Waals surface area contributed by atoms with Crippen LogP contribution in [-0.2, 0) is 16.6 Å². The average Bonchev–Trinajstić information content (AvgIpc) is 2.98. The van der Waals surface area contributed by atoms with Gasteiger partial charge in [-0.2, -0.15) is 5.10 Å². The molecule has 0 aliphatic heterocycles. The average molecular weight is 313 g/mol. The summed E-state index contributed by atoms with van der Waals surface area (Å²) in [6.07, 6.45) is 1.50. The Morgan fingerprint density at radius 3 is 2.76 bits per heavy atom. The number of aliphatic hydroxyl groups excluding tert-OH is 1. The molecule has 0 bridgehead atoms. The van der Waals surface area contributed by atoms with E-state index in [0.717, 1.165) is 0 Å². The van der Waals surface area contributed by atoms with E-state index in [4.69, 9.17) is 9.52 Å². The highest BCUT2D eigenvalue weighted by molar-refractivity contribution is 7.89. The van der Waals surface area contributed by atoms with Crippen molar-refractivity contribution in [3.8, 4) is 0 Å². The Morgan fingerprint density at radius 2 is 2.19 bits per heavy atom. The summed E-state index contributed by atoms with van der Waals surface area (Å²) in [5.41, 5.74) is 0.904. The van der Waals surface area contributed by atoms with Crippen molar-refractivity contribution in [3.63, 3.8) is 0 Å².